The number of benzene rings is 1. The van der Waals surface area contributed by atoms with Crippen LogP contribution >= 0.6 is 0 Å². The summed E-state index contributed by atoms with van der Waals surface area (Å²) >= 11 is 0. The van der Waals surface area contributed by atoms with E-state index in [-0.39, 0.29) is 17.9 Å². The topological polar surface area (TPSA) is 123 Å². The van der Waals surface area contributed by atoms with E-state index < -0.39 is 23.0 Å². The molecular weight excluding hydrogens is 368 g/mol. The fraction of sp³-hybridized carbons (Fsp3) is 0.444. The third kappa shape index (κ3) is 4.46. The van der Waals surface area contributed by atoms with Gasteiger partial charge in [0.15, 0.2) is 0 Å². The van der Waals surface area contributed by atoms with Crippen molar-refractivity contribution in [2.75, 3.05) is 39.5 Å². The van der Waals surface area contributed by atoms with Crippen LogP contribution in [0.25, 0.3) is 0 Å². The summed E-state index contributed by atoms with van der Waals surface area (Å²) in [6.45, 7) is 4.69. The summed E-state index contributed by atoms with van der Waals surface area (Å²) in [7, 11) is 0. The second-order valence-corrected chi connectivity index (χ2v) is 6.38. The van der Waals surface area contributed by atoms with Crippen LogP contribution < -0.4 is 10.6 Å². The molecule has 10 nitrogen and oxygen atoms in total. The van der Waals surface area contributed by atoms with Crippen LogP contribution in [0.3, 0.4) is 0 Å². The highest BCUT2D eigenvalue weighted by Gasteiger charge is 2.35. The number of amides is 2. The van der Waals surface area contributed by atoms with Gasteiger partial charge < -0.3 is 20.1 Å². The molecule has 2 aliphatic heterocycles. The Balaban J connectivity index is 2.01. The highest BCUT2D eigenvalue weighted by Crippen LogP contribution is 2.30. The highest BCUT2D eigenvalue weighted by atomic mass is 16.6. The van der Waals surface area contributed by atoms with Crippen molar-refractivity contribution in [3.05, 3.63) is 51.2 Å². The number of nitro benzene ring substituents is 1. The molecule has 0 saturated carbocycles. The van der Waals surface area contributed by atoms with Gasteiger partial charge in [-0.25, -0.2) is 9.59 Å². The van der Waals surface area contributed by atoms with E-state index in [1.807, 2.05) is 0 Å². The van der Waals surface area contributed by atoms with Gasteiger partial charge in [-0.2, -0.15) is 0 Å². The van der Waals surface area contributed by atoms with E-state index in [9.17, 15) is 19.7 Å². The zero-order chi connectivity index (χ0) is 20.1. The van der Waals surface area contributed by atoms with Crippen LogP contribution in [0.15, 0.2) is 35.5 Å². The highest BCUT2D eigenvalue weighted by molar-refractivity contribution is 5.95. The molecule has 1 fully saturated rings. The number of hydrogen-bond acceptors (Lipinski definition) is 7. The number of morpholine rings is 1. The molecule has 0 unspecified atom stereocenters. The van der Waals surface area contributed by atoms with E-state index in [1.54, 1.807) is 13.0 Å². The van der Waals surface area contributed by atoms with Gasteiger partial charge in [-0.1, -0.05) is 12.1 Å². The smallest absolute Gasteiger partial charge is 0.338 e. The molecule has 2 amide bonds. The van der Waals surface area contributed by atoms with Gasteiger partial charge in [-0.15, -0.1) is 0 Å². The zero-order valence-electron chi connectivity index (χ0n) is 15.5. The fourth-order valence-electron chi connectivity index (χ4n) is 3.24. The van der Waals surface area contributed by atoms with Crippen LogP contribution in [0.2, 0.25) is 0 Å². The van der Waals surface area contributed by atoms with Crippen LogP contribution in [0, 0.1) is 10.1 Å². The molecule has 1 saturated heterocycles. The number of nitrogens with zero attached hydrogens (tertiary/aromatic N) is 2. The second-order valence-electron chi connectivity index (χ2n) is 6.38. The maximum atomic E-state index is 12.7. The first-order chi connectivity index (χ1) is 13.5. The number of nitrogens with one attached hydrogen (secondary N) is 2. The van der Waals surface area contributed by atoms with Gasteiger partial charge in [0.2, 0.25) is 0 Å². The van der Waals surface area contributed by atoms with Crippen LogP contribution in [-0.2, 0) is 14.3 Å². The number of esters is 1. The van der Waals surface area contributed by atoms with E-state index in [1.165, 1.54) is 18.2 Å². The number of hydrogen-bond donors (Lipinski definition) is 2. The molecule has 150 valence electrons. The molecule has 3 rings (SSSR count). The number of rotatable bonds is 6. The minimum atomic E-state index is -0.844. The Kier molecular flexibility index (Phi) is 6.22. The molecule has 0 radical (unpaired) electrons. The van der Waals surface area contributed by atoms with Crippen molar-refractivity contribution in [1.29, 1.82) is 0 Å². The first-order valence-electron chi connectivity index (χ1n) is 9.01. The quantitative estimate of drug-likeness (QED) is 0.423. The van der Waals surface area contributed by atoms with E-state index in [0.717, 1.165) is 0 Å². The van der Waals surface area contributed by atoms with Crippen molar-refractivity contribution < 1.29 is 24.0 Å². The zero-order valence-corrected chi connectivity index (χ0v) is 15.5. The van der Waals surface area contributed by atoms with Gasteiger partial charge in [0.1, 0.15) is 0 Å². The first kappa shape index (κ1) is 19.8. The standard InChI is InChI=1S/C18H22N4O6/c1-2-28-17(23)15-14(11-21-6-8-27-9-7-21)19-18(24)20-16(15)12-4-3-5-13(10-12)22(25)26/h3-5,10,16H,2,6-9,11H2,1H3,(H2,19,20,24)/t16-/m0/s1. The summed E-state index contributed by atoms with van der Waals surface area (Å²) in [5.41, 5.74) is 0.990. The van der Waals surface area contributed by atoms with Crippen molar-refractivity contribution in [2.45, 2.75) is 13.0 Å². The number of non-ortho nitro benzene ring substituents is 1. The van der Waals surface area contributed by atoms with Crippen molar-refractivity contribution in [1.82, 2.24) is 15.5 Å². The summed E-state index contributed by atoms with van der Waals surface area (Å²) in [4.78, 5) is 37.6. The third-order valence-corrected chi connectivity index (χ3v) is 4.55. The minimum absolute atomic E-state index is 0.122. The lowest BCUT2D eigenvalue weighted by Crippen LogP contribution is -2.49. The van der Waals surface area contributed by atoms with Crippen LogP contribution in [-0.4, -0.2) is 61.3 Å². The minimum Gasteiger partial charge on any atom is -0.463 e. The summed E-state index contributed by atoms with van der Waals surface area (Å²) < 4.78 is 10.5. The number of urea groups is 1. The van der Waals surface area contributed by atoms with Crippen LogP contribution in [0.5, 0.6) is 0 Å². The molecule has 1 atom stereocenters. The lowest BCUT2D eigenvalue weighted by molar-refractivity contribution is -0.384. The molecule has 28 heavy (non-hydrogen) atoms. The second kappa shape index (κ2) is 8.81. The number of nitro groups is 1. The summed E-state index contributed by atoms with van der Waals surface area (Å²) in [5, 5.41) is 16.5. The van der Waals surface area contributed by atoms with Crippen molar-refractivity contribution >= 4 is 17.7 Å². The average molecular weight is 390 g/mol. The lowest BCUT2D eigenvalue weighted by atomic mass is 9.94. The molecule has 0 bridgehead atoms. The Morgan fingerprint density at radius 2 is 2.14 bits per heavy atom. The van der Waals surface area contributed by atoms with E-state index in [0.29, 0.717) is 44.1 Å². The third-order valence-electron chi connectivity index (χ3n) is 4.55. The van der Waals surface area contributed by atoms with Crippen LogP contribution in [0.4, 0.5) is 10.5 Å². The Morgan fingerprint density at radius 3 is 2.82 bits per heavy atom. The molecule has 0 spiro atoms. The molecule has 2 heterocycles. The van der Waals surface area contributed by atoms with Gasteiger partial charge in [0.25, 0.3) is 5.69 Å². The monoisotopic (exact) mass is 390 g/mol. The average Bonchev–Trinajstić information content (AvgIpc) is 2.68. The van der Waals surface area contributed by atoms with Gasteiger partial charge in [-0.05, 0) is 12.5 Å². The molecule has 2 aliphatic rings. The van der Waals surface area contributed by atoms with Crippen LogP contribution in [0.1, 0.15) is 18.5 Å². The Labute approximate surface area is 161 Å². The van der Waals surface area contributed by atoms with E-state index in [4.69, 9.17) is 9.47 Å². The molecule has 0 aromatic heterocycles. The maximum absolute atomic E-state index is 12.7. The maximum Gasteiger partial charge on any atom is 0.338 e. The largest absolute Gasteiger partial charge is 0.463 e. The molecular formula is C18H22N4O6. The van der Waals surface area contributed by atoms with Crippen molar-refractivity contribution in [2.24, 2.45) is 0 Å². The van der Waals surface area contributed by atoms with Gasteiger partial charge in [-0.3, -0.25) is 15.0 Å². The number of carbonyl (C=O) groups excluding carboxylic acids is 2. The molecule has 1 aromatic carbocycles. The van der Waals surface area contributed by atoms with Gasteiger partial charge in [0.05, 0.1) is 36.4 Å². The molecule has 10 heteroatoms. The Hall–Kier alpha value is -2.98. The van der Waals surface area contributed by atoms with E-state index in [2.05, 4.69) is 15.5 Å². The van der Waals surface area contributed by atoms with E-state index >= 15 is 0 Å². The predicted molar refractivity (Wildman–Crippen MR) is 98.4 cm³/mol. The van der Waals surface area contributed by atoms with Gasteiger partial charge >= 0.3 is 12.0 Å². The van der Waals surface area contributed by atoms with Crippen molar-refractivity contribution in [3.63, 3.8) is 0 Å². The van der Waals surface area contributed by atoms with Crippen molar-refractivity contribution in [3.8, 4) is 0 Å². The number of ether oxygens (including phenoxy) is 2. The SMILES string of the molecule is CCOC(=O)C1=C(CN2CCOCC2)NC(=O)N[C@H]1c1cccc([N+](=O)[O-])c1. The summed E-state index contributed by atoms with van der Waals surface area (Å²) in [6, 6.07) is 4.54. The Bertz CT molecular complexity index is 803. The lowest BCUT2D eigenvalue weighted by Gasteiger charge is -2.33. The van der Waals surface area contributed by atoms with Gasteiger partial charge in [0, 0.05) is 37.5 Å². The molecule has 1 aromatic rings. The number of carbonyl (C=O) groups is 2. The molecule has 0 aliphatic carbocycles. The fourth-order valence-corrected chi connectivity index (χ4v) is 3.24. The summed E-state index contributed by atoms with van der Waals surface area (Å²) in [6.07, 6.45) is 0. The summed E-state index contributed by atoms with van der Waals surface area (Å²) in [5.74, 6) is -0.574. The normalized spacial score (nSPS) is 20.3. The predicted octanol–water partition coefficient (Wildman–Crippen LogP) is 1.10. The Morgan fingerprint density at radius 1 is 1.39 bits per heavy atom. The molecule has 2 N–H and O–H groups in total. The first-order valence-corrected chi connectivity index (χ1v) is 9.01.